The number of hydrogen-bond donors (Lipinski definition) is 3. The third-order valence-corrected chi connectivity index (χ3v) is 8.89. The standard InChI is InChI=1S/C26H40O3S/c1-16(2)25(29)15-30-18(4)22-10-11-23-19(7-6-12-26(22,23)5)8-9-20-13-21(27)14-24(28)17(20)3/h8-10,16,18,21,23-25,27-29H,3,6-7,11-15H2,1-2,4-5H3/b19-8+,20-9-/t18?,21-,23+,24+,25+,26-/m1/s1. The van der Waals surface area contributed by atoms with E-state index in [2.05, 4.69) is 52.5 Å². The molecule has 4 heteroatoms. The van der Waals surface area contributed by atoms with Crippen LogP contribution >= 0.6 is 11.8 Å². The number of fused-ring (bicyclic) bond motifs is 1. The molecule has 3 N–H and O–H groups in total. The molecule has 30 heavy (non-hydrogen) atoms. The highest BCUT2D eigenvalue weighted by Crippen LogP contribution is 2.56. The number of aliphatic hydroxyl groups excluding tert-OH is 3. The molecule has 0 aliphatic heterocycles. The summed E-state index contributed by atoms with van der Waals surface area (Å²) in [6, 6.07) is 0. The smallest absolute Gasteiger partial charge is 0.0811 e. The molecule has 0 saturated heterocycles. The van der Waals surface area contributed by atoms with E-state index >= 15 is 0 Å². The van der Waals surface area contributed by atoms with E-state index in [9.17, 15) is 15.3 Å². The molecule has 3 aliphatic carbocycles. The van der Waals surface area contributed by atoms with Gasteiger partial charge in [0.2, 0.25) is 0 Å². The molecule has 3 aliphatic rings. The van der Waals surface area contributed by atoms with E-state index in [1.54, 1.807) is 5.57 Å². The summed E-state index contributed by atoms with van der Waals surface area (Å²) in [6.07, 6.45) is 11.1. The van der Waals surface area contributed by atoms with Crippen molar-refractivity contribution in [1.82, 2.24) is 0 Å². The molecular weight excluding hydrogens is 392 g/mol. The van der Waals surface area contributed by atoms with Crippen LogP contribution in [0.15, 0.2) is 47.1 Å². The van der Waals surface area contributed by atoms with Crippen LogP contribution in [-0.4, -0.2) is 44.6 Å². The molecule has 0 aromatic heterocycles. The number of thioether (sulfide) groups is 1. The Morgan fingerprint density at radius 2 is 2.00 bits per heavy atom. The molecule has 2 fully saturated rings. The van der Waals surface area contributed by atoms with Crippen molar-refractivity contribution in [3.8, 4) is 0 Å². The summed E-state index contributed by atoms with van der Waals surface area (Å²) in [5.74, 6) is 1.62. The zero-order valence-corrected chi connectivity index (χ0v) is 19.9. The molecule has 1 unspecified atom stereocenters. The Morgan fingerprint density at radius 1 is 1.27 bits per heavy atom. The van der Waals surface area contributed by atoms with Gasteiger partial charge >= 0.3 is 0 Å². The third-order valence-electron chi connectivity index (χ3n) is 7.60. The van der Waals surface area contributed by atoms with Crippen LogP contribution in [0.1, 0.15) is 66.2 Å². The van der Waals surface area contributed by atoms with Crippen LogP contribution in [0.25, 0.3) is 0 Å². The lowest BCUT2D eigenvalue weighted by atomic mass is 9.64. The number of aliphatic hydroxyl groups is 3. The number of allylic oxidation sites excluding steroid dienone is 4. The first-order chi connectivity index (χ1) is 14.1. The molecule has 3 nitrogen and oxygen atoms in total. The van der Waals surface area contributed by atoms with E-state index < -0.39 is 12.2 Å². The second-order valence-electron chi connectivity index (χ2n) is 10.1. The van der Waals surface area contributed by atoms with Gasteiger partial charge in [0.15, 0.2) is 0 Å². The van der Waals surface area contributed by atoms with Gasteiger partial charge in [-0.2, -0.15) is 11.8 Å². The molecular formula is C26H40O3S. The van der Waals surface area contributed by atoms with E-state index in [0.717, 1.165) is 29.7 Å². The topological polar surface area (TPSA) is 60.7 Å². The maximum Gasteiger partial charge on any atom is 0.0811 e. The largest absolute Gasteiger partial charge is 0.393 e. The van der Waals surface area contributed by atoms with Crippen LogP contribution < -0.4 is 0 Å². The van der Waals surface area contributed by atoms with E-state index in [4.69, 9.17) is 0 Å². The highest BCUT2D eigenvalue weighted by molar-refractivity contribution is 8.00. The summed E-state index contributed by atoms with van der Waals surface area (Å²) in [5, 5.41) is 30.8. The first-order valence-corrected chi connectivity index (χ1v) is 12.6. The molecule has 0 aromatic rings. The van der Waals surface area contributed by atoms with Crippen molar-refractivity contribution >= 4 is 11.8 Å². The lowest BCUT2D eigenvalue weighted by Gasteiger charge is -2.42. The first kappa shape index (κ1) is 23.8. The normalized spacial score (nSPS) is 36.9. The van der Waals surface area contributed by atoms with Crippen molar-refractivity contribution in [2.24, 2.45) is 17.3 Å². The Bertz CT molecular complexity index is 735. The predicted octanol–water partition coefficient (Wildman–Crippen LogP) is 5.19. The summed E-state index contributed by atoms with van der Waals surface area (Å²) in [4.78, 5) is 0. The molecule has 168 valence electrons. The molecule has 0 amide bonds. The monoisotopic (exact) mass is 432 g/mol. The number of hydrogen-bond acceptors (Lipinski definition) is 4. The van der Waals surface area contributed by atoms with Gasteiger partial charge in [-0.1, -0.05) is 56.7 Å². The lowest BCUT2D eigenvalue weighted by Crippen LogP contribution is -2.33. The maximum atomic E-state index is 10.2. The van der Waals surface area contributed by atoms with Crippen molar-refractivity contribution in [2.75, 3.05) is 5.75 Å². The Labute approximate surface area is 187 Å². The van der Waals surface area contributed by atoms with E-state index in [1.807, 2.05) is 11.8 Å². The minimum Gasteiger partial charge on any atom is -0.393 e. The zero-order valence-electron chi connectivity index (χ0n) is 19.1. The lowest BCUT2D eigenvalue weighted by molar-refractivity contribution is 0.0862. The first-order valence-electron chi connectivity index (χ1n) is 11.6. The summed E-state index contributed by atoms with van der Waals surface area (Å²) in [5.41, 5.74) is 4.98. The minimum atomic E-state index is -0.631. The van der Waals surface area contributed by atoms with Crippen molar-refractivity contribution in [3.63, 3.8) is 0 Å². The van der Waals surface area contributed by atoms with Gasteiger partial charge in [0, 0.05) is 17.4 Å². The van der Waals surface area contributed by atoms with Gasteiger partial charge < -0.3 is 15.3 Å². The van der Waals surface area contributed by atoms with Crippen LogP contribution in [0.2, 0.25) is 0 Å². The van der Waals surface area contributed by atoms with Gasteiger partial charge in [-0.15, -0.1) is 0 Å². The maximum absolute atomic E-state index is 10.2. The summed E-state index contributed by atoms with van der Waals surface area (Å²) in [6.45, 7) is 12.9. The van der Waals surface area contributed by atoms with E-state index in [1.165, 1.54) is 18.4 Å². The van der Waals surface area contributed by atoms with Crippen molar-refractivity contribution in [2.45, 2.75) is 89.8 Å². The Hall–Kier alpha value is -0.810. The molecule has 3 rings (SSSR count). The highest BCUT2D eigenvalue weighted by Gasteiger charge is 2.46. The van der Waals surface area contributed by atoms with E-state index in [0.29, 0.717) is 29.9 Å². The average molecular weight is 433 g/mol. The van der Waals surface area contributed by atoms with Gasteiger partial charge in [0.25, 0.3) is 0 Å². The second kappa shape index (κ2) is 9.77. The van der Waals surface area contributed by atoms with Crippen LogP contribution in [0, 0.1) is 17.3 Å². The average Bonchev–Trinajstić information content (AvgIpc) is 3.04. The van der Waals surface area contributed by atoms with Gasteiger partial charge in [-0.25, -0.2) is 0 Å². The molecule has 0 radical (unpaired) electrons. The van der Waals surface area contributed by atoms with Gasteiger partial charge in [-0.05, 0) is 67.4 Å². The highest BCUT2D eigenvalue weighted by atomic mass is 32.2. The van der Waals surface area contributed by atoms with Crippen LogP contribution in [0.3, 0.4) is 0 Å². The quantitative estimate of drug-likeness (QED) is 0.506. The zero-order chi connectivity index (χ0) is 22.1. The molecule has 6 atom stereocenters. The molecule has 0 heterocycles. The van der Waals surface area contributed by atoms with Crippen LogP contribution in [-0.2, 0) is 0 Å². The van der Waals surface area contributed by atoms with Crippen molar-refractivity contribution < 1.29 is 15.3 Å². The molecule has 0 spiro atoms. The molecule has 0 bridgehead atoms. The Kier molecular flexibility index (Phi) is 7.76. The SMILES string of the molecule is C=C1/C(=C\C=C2/CCC[C@]3(C)C(C(C)SC[C@H](O)C(C)C)=CC[C@@H]23)C[C@@H](O)C[C@@H]1O. The van der Waals surface area contributed by atoms with Gasteiger partial charge in [-0.3, -0.25) is 0 Å². The third kappa shape index (κ3) is 4.98. The van der Waals surface area contributed by atoms with Gasteiger partial charge in [0.05, 0.1) is 18.3 Å². The fourth-order valence-electron chi connectivity index (χ4n) is 5.47. The Balaban J connectivity index is 1.73. The van der Waals surface area contributed by atoms with Crippen LogP contribution in [0.5, 0.6) is 0 Å². The summed E-state index contributed by atoms with van der Waals surface area (Å²) in [7, 11) is 0. The predicted molar refractivity (Wildman–Crippen MR) is 127 cm³/mol. The van der Waals surface area contributed by atoms with Gasteiger partial charge in [0.1, 0.15) is 0 Å². The fourth-order valence-corrected chi connectivity index (χ4v) is 6.89. The Morgan fingerprint density at radius 3 is 2.70 bits per heavy atom. The molecule has 0 aromatic carbocycles. The second-order valence-corrected chi connectivity index (χ2v) is 11.4. The van der Waals surface area contributed by atoms with Crippen LogP contribution in [0.4, 0.5) is 0 Å². The fraction of sp³-hybridized carbons (Fsp3) is 0.692. The summed E-state index contributed by atoms with van der Waals surface area (Å²) < 4.78 is 0. The minimum absolute atomic E-state index is 0.195. The van der Waals surface area contributed by atoms with E-state index in [-0.39, 0.29) is 11.5 Å². The molecule has 2 saturated carbocycles. The van der Waals surface area contributed by atoms with Crippen molar-refractivity contribution in [1.29, 1.82) is 0 Å². The number of rotatable bonds is 6. The van der Waals surface area contributed by atoms with Crippen molar-refractivity contribution in [3.05, 3.63) is 47.1 Å². The summed E-state index contributed by atoms with van der Waals surface area (Å²) >= 11 is 1.89.